The lowest BCUT2D eigenvalue weighted by molar-refractivity contribution is 0.0735. The van der Waals surface area contributed by atoms with Crippen LogP contribution in [-0.4, -0.2) is 11.0 Å². The number of halogens is 1. The third kappa shape index (κ3) is 3.94. The minimum absolute atomic E-state index is 0.383. The van der Waals surface area contributed by atoms with Crippen molar-refractivity contribution >= 4 is 28.5 Å². The fraction of sp³-hybridized carbons (Fsp3) is 0.185. The van der Waals surface area contributed by atoms with Crippen LogP contribution < -0.4 is 4.74 Å². The molecule has 0 N–H and O–H groups in total. The Bertz CT molecular complexity index is 1340. The first-order valence-electron chi connectivity index (χ1n) is 10.2. The summed E-state index contributed by atoms with van der Waals surface area (Å²) in [5.74, 6) is 0.190. The average Bonchev–Trinajstić information content (AvgIpc) is 2.71. The summed E-state index contributed by atoms with van der Waals surface area (Å²) in [5, 5.41) is 1.43. The Balaban J connectivity index is 1.97. The highest BCUT2D eigenvalue weighted by atomic mass is 35.5. The summed E-state index contributed by atoms with van der Waals surface area (Å²) >= 11 is 6.24. The molecule has 4 heteroatoms. The second-order valence-corrected chi connectivity index (χ2v) is 8.47. The van der Waals surface area contributed by atoms with E-state index in [2.05, 4.69) is 6.07 Å². The number of fused-ring (bicyclic) bond motifs is 1. The Labute approximate surface area is 187 Å². The smallest absolute Gasteiger partial charge is 0.344 e. The third-order valence-corrected chi connectivity index (χ3v) is 5.96. The van der Waals surface area contributed by atoms with E-state index in [0.717, 1.165) is 50.0 Å². The van der Waals surface area contributed by atoms with Crippen LogP contribution in [0.1, 0.15) is 38.2 Å². The van der Waals surface area contributed by atoms with Gasteiger partial charge in [-0.05, 0) is 81.1 Å². The van der Waals surface area contributed by atoms with Gasteiger partial charge in [-0.3, -0.25) is 0 Å². The number of benzene rings is 3. The van der Waals surface area contributed by atoms with Gasteiger partial charge < -0.3 is 4.74 Å². The van der Waals surface area contributed by atoms with Crippen molar-refractivity contribution in [1.82, 2.24) is 4.98 Å². The Hall–Kier alpha value is -3.17. The molecule has 0 atom stereocenters. The van der Waals surface area contributed by atoms with Gasteiger partial charge in [-0.1, -0.05) is 47.5 Å². The van der Waals surface area contributed by atoms with E-state index in [4.69, 9.17) is 21.3 Å². The Morgan fingerprint density at radius 1 is 0.871 bits per heavy atom. The molecule has 1 heterocycles. The lowest BCUT2D eigenvalue weighted by Crippen LogP contribution is -2.14. The van der Waals surface area contributed by atoms with Gasteiger partial charge in [-0.25, -0.2) is 9.78 Å². The first-order valence-corrected chi connectivity index (χ1v) is 10.6. The molecule has 0 bridgehead atoms. The number of nitrogens with zero attached hydrogens (tertiary/aromatic N) is 1. The Kier molecular flexibility index (Phi) is 5.55. The van der Waals surface area contributed by atoms with Gasteiger partial charge in [0, 0.05) is 16.0 Å². The largest absolute Gasteiger partial charge is 0.423 e. The molecule has 0 aliphatic carbocycles. The molecule has 4 aromatic rings. The van der Waals surface area contributed by atoms with Crippen molar-refractivity contribution in [1.29, 1.82) is 0 Å². The van der Waals surface area contributed by atoms with Crippen LogP contribution in [0.2, 0.25) is 5.02 Å². The van der Waals surface area contributed by atoms with Crippen LogP contribution in [-0.2, 0) is 0 Å². The van der Waals surface area contributed by atoms with Gasteiger partial charge in [0.2, 0.25) is 0 Å². The lowest BCUT2D eigenvalue weighted by atomic mass is 9.95. The predicted octanol–water partition coefficient (Wildman–Crippen LogP) is 7.32. The monoisotopic (exact) mass is 429 g/mol. The minimum atomic E-state index is -0.383. The number of carbonyl (C=O) groups is 1. The molecule has 0 spiro atoms. The zero-order valence-electron chi connectivity index (χ0n) is 18.3. The van der Waals surface area contributed by atoms with Crippen molar-refractivity contribution in [3.63, 3.8) is 0 Å². The molecule has 0 saturated carbocycles. The van der Waals surface area contributed by atoms with Crippen molar-refractivity contribution in [3.05, 3.63) is 93.0 Å². The summed E-state index contributed by atoms with van der Waals surface area (Å²) in [7, 11) is 0. The highest BCUT2D eigenvalue weighted by Crippen LogP contribution is 2.34. The van der Waals surface area contributed by atoms with E-state index in [1.807, 2.05) is 83.1 Å². The van der Waals surface area contributed by atoms with Gasteiger partial charge in [-0.2, -0.15) is 0 Å². The molecule has 1 aromatic heterocycles. The number of ether oxygens (including phenoxy) is 1. The average molecular weight is 430 g/mol. The van der Waals surface area contributed by atoms with E-state index in [1.165, 1.54) is 0 Å². The van der Waals surface area contributed by atoms with Crippen molar-refractivity contribution in [2.75, 3.05) is 0 Å². The molecule has 0 saturated heterocycles. The van der Waals surface area contributed by atoms with Crippen LogP contribution in [0.4, 0.5) is 0 Å². The zero-order chi connectivity index (χ0) is 22.3. The maximum atomic E-state index is 13.5. The number of hydrogen-bond acceptors (Lipinski definition) is 3. The standard InChI is InChI=1S/C27H24ClNO2/c1-15-12-17(3)25-22(13-15)24(27(30)31-23-11-6-8-16(2)18(23)4)19(5)26(29-25)20-9-7-10-21(28)14-20/h6-14H,1-5H3. The second kappa shape index (κ2) is 8.16. The summed E-state index contributed by atoms with van der Waals surface area (Å²) < 4.78 is 5.90. The highest BCUT2D eigenvalue weighted by molar-refractivity contribution is 6.30. The molecule has 156 valence electrons. The highest BCUT2D eigenvalue weighted by Gasteiger charge is 2.22. The van der Waals surface area contributed by atoms with Crippen LogP contribution in [0.15, 0.2) is 54.6 Å². The molecule has 31 heavy (non-hydrogen) atoms. The van der Waals surface area contributed by atoms with Gasteiger partial charge in [0.05, 0.1) is 16.8 Å². The fourth-order valence-corrected chi connectivity index (χ4v) is 4.17. The van der Waals surface area contributed by atoms with Crippen LogP contribution >= 0.6 is 11.6 Å². The summed E-state index contributed by atoms with van der Waals surface area (Å²) in [6.45, 7) is 9.91. The van der Waals surface area contributed by atoms with Crippen LogP contribution in [0.3, 0.4) is 0 Å². The lowest BCUT2D eigenvalue weighted by Gasteiger charge is -2.17. The van der Waals surface area contributed by atoms with Gasteiger partial charge in [0.15, 0.2) is 0 Å². The first kappa shape index (κ1) is 21.1. The fourth-order valence-electron chi connectivity index (χ4n) is 3.98. The zero-order valence-corrected chi connectivity index (χ0v) is 19.1. The quantitative estimate of drug-likeness (QED) is 0.253. The molecule has 0 aliphatic rings. The van der Waals surface area contributed by atoms with Gasteiger partial charge in [-0.15, -0.1) is 0 Å². The number of aromatic nitrogens is 1. The summed E-state index contributed by atoms with van der Waals surface area (Å²) in [4.78, 5) is 18.5. The van der Waals surface area contributed by atoms with Crippen molar-refractivity contribution in [2.24, 2.45) is 0 Å². The number of hydrogen-bond donors (Lipinski definition) is 0. The molecule has 4 rings (SSSR count). The number of aryl methyl sites for hydroxylation is 3. The van der Waals surface area contributed by atoms with E-state index >= 15 is 0 Å². The van der Waals surface area contributed by atoms with E-state index < -0.39 is 0 Å². The number of esters is 1. The van der Waals surface area contributed by atoms with E-state index in [-0.39, 0.29) is 5.97 Å². The molecule has 0 fully saturated rings. The molecule has 0 radical (unpaired) electrons. The maximum Gasteiger partial charge on any atom is 0.344 e. The summed E-state index contributed by atoms with van der Waals surface area (Å²) in [6, 6.07) is 17.3. The molecular formula is C27H24ClNO2. The molecular weight excluding hydrogens is 406 g/mol. The molecule has 0 amide bonds. The number of carbonyl (C=O) groups excluding carboxylic acids is 1. The third-order valence-electron chi connectivity index (χ3n) is 5.73. The molecule has 0 aliphatic heterocycles. The first-order chi connectivity index (χ1) is 14.8. The van der Waals surface area contributed by atoms with Gasteiger partial charge >= 0.3 is 5.97 Å². The topological polar surface area (TPSA) is 39.2 Å². The minimum Gasteiger partial charge on any atom is -0.423 e. The summed E-state index contributed by atoms with van der Waals surface area (Å²) in [6.07, 6.45) is 0. The van der Waals surface area contributed by atoms with Crippen LogP contribution in [0.5, 0.6) is 5.75 Å². The Morgan fingerprint density at radius 2 is 1.61 bits per heavy atom. The molecule has 0 unspecified atom stereocenters. The van der Waals surface area contributed by atoms with Gasteiger partial charge in [0.1, 0.15) is 5.75 Å². The molecule has 3 nitrogen and oxygen atoms in total. The van der Waals surface area contributed by atoms with E-state index in [9.17, 15) is 4.79 Å². The Morgan fingerprint density at radius 3 is 2.35 bits per heavy atom. The van der Waals surface area contributed by atoms with Crippen LogP contribution in [0.25, 0.3) is 22.2 Å². The maximum absolute atomic E-state index is 13.5. The van der Waals surface area contributed by atoms with E-state index in [1.54, 1.807) is 0 Å². The SMILES string of the molecule is Cc1cc(C)c2nc(-c3cccc(Cl)c3)c(C)c(C(=O)Oc3cccc(C)c3C)c2c1. The van der Waals surface area contributed by atoms with Crippen molar-refractivity contribution < 1.29 is 9.53 Å². The number of rotatable bonds is 3. The van der Waals surface area contributed by atoms with Crippen LogP contribution in [0, 0.1) is 34.6 Å². The number of pyridine rings is 1. The molecule has 3 aromatic carbocycles. The van der Waals surface area contributed by atoms with Crippen molar-refractivity contribution in [2.45, 2.75) is 34.6 Å². The second-order valence-electron chi connectivity index (χ2n) is 8.04. The van der Waals surface area contributed by atoms with Gasteiger partial charge in [0.25, 0.3) is 0 Å². The van der Waals surface area contributed by atoms with E-state index in [0.29, 0.717) is 16.3 Å². The normalized spacial score (nSPS) is 11.0. The van der Waals surface area contributed by atoms with Crippen molar-refractivity contribution in [3.8, 4) is 17.0 Å². The summed E-state index contributed by atoms with van der Waals surface area (Å²) in [5.41, 5.74) is 7.81. The predicted molar refractivity (Wildman–Crippen MR) is 127 cm³/mol.